The smallest absolute Gasteiger partial charge is 0.157 e. The van der Waals surface area contributed by atoms with Gasteiger partial charge < -0.3 is 4.90 Å². The van der Waals surface area contributed by atoms with Gasteiger partial charge in [-0.05, 0) is 13.0 Å². The zero-order valence-corrected chi connectivity index (χ0v) is 7.14. The molecule has 0 aliphatic carbocycles. The number of carbonyl (C=O) groups is 1. The summed E-state index contributed by atoms with van der Waals surface area (Å²) in [5.74, 6) is 0.186. The summed E-state index contributed by atoms with van der Waals surface area (Å²) in [7, 11) is 3.85. The largest absolute Gasteiger partial charge is 0.381 e. The molecule has 0 saturated heterocycles. The fraction of sp³-hybridized carbons (Fsp3) is 0.625. The molecule has 0 aliphatic heterocycles. The van der Waals surface area contributed by atoms with E-state index in [9.17, 15) is 4.79 Å². The van der Waals surface area contributed by atoms with Crippen LogP contribution in [-0.2, 0) is 4.79 Å². The zero-order valence-electron chi connectivity index (χ0n) is 7.14. The van der Waals surface area contributed by atoms with Crippen molar-refractivity contribution in [3.63, 3.8) is 0 Å². The van der Waals surface area contributed by atoms with Gasteiger partial charge in [0.2, 0.25) is 0 Å². The van der Waals surface area contributed by atoms with Crippen LogP contribution in [0.5, 0.6) is 0 Å². The van der Waals surface area contributed by atoms with E-state index >= 15 is 0 Å². The van der Waals surface area contributed by atoms with Gasteiger partial charge in [0.15, 0.2) is 5.78 Å². The van der Waals surface area contributed by atoms with Gasteiger partial charge in [0.05, 0.1) is 0 Å². The van der Waals surface area contributed by atoms with Crippen molar-refractivity contribution in [2.24, 2.45) is 0 Å². The topological polar surface area (TPSA) is 20.3 Å². The van der Waals surface area contributed by atoms with E-state index < -0.39 is 0 Å². The second-order valence-electron chi connectivity index (χ2n) is 2.50. The van der Waals surface area contributed by atoms with Gasteiger partial charge in [0.25, 0.3) is 0 Å². The Bertz CT molecular complexity index is 147. The van der Waals surface area contributed by atoms with Crippen LogP contribution >= 0.6 is 0 Å². The molecule has 0 aliphatic rings. The van der Waals surface area contributed by atoms with Crippen LogP contribution in [0.1, 0.15) is 20.3 Å². The van der Waals surface area contributed by atoms with Crippen LogP contribution in [0.25, 0.3) is 0 Å². The zero-order chi connectivity index (χ0) is 8.15. The monoisotopic (exact) mass is 141 g/mol. The van der Waals surface area contributed by atoms with Gasteiger partial charge >= 0.3 is 0 Å². The van der Waals surface area contributed by atoms with E-state index in [-0.39, 0.29) is 5.78 Å². The number of allylic oxidation sites excluding steroid dienone is 2. The number of ketones is 1. The number of hydrogen-bond donors (Lipinski definition) is 0. The lowest BCUT2D eigenvalue weighted by Gasteiger charge is -2.11. The van der Waals surface area contributed by atoms with Crippen molar-refractivity contribution >= 4 is 5.78 Å². The first-order valence-corrected chi connectivity index (χ1v) is 3.46. The number of hydrogen-bond acceptors (Lipinski definition) is 2. The third-order valence-electron chi connectivity index (χ3n) is 1.42. The van der Waals surface area contributed by atoms with Crippen LogP contribution in [-0.4, -0.2) is 24.8 Å². The molecule has 0 N–H and O–H groups in total. The maximum Gasteiger partial charge on any atom is 0.157 e. The number of nitrogens with zero attached hydrogens (tertiary/aromatic N) is 1. The molecule has 2 heteroatoms. The van der Waals surface area contributed by atoms with Crippen molar-refractivity contribution < 1.29 is 4.79 Å². The summed E-state index contributed by atoms with van der Waals surface area (Å²) in [5, 5.41) is 0. The molecule has 0 unspecified atom stereocenters. The quantitative estimate of drug-likeness (QED) is 0.554. The Morgan fingerprint density at radius 3 is 2.30 bits per heavy atom. The summed E-state index contributed by atoms with van der Waals surface area (Å²) in [6.45, 7) is 3.79. The molecule has 10 heavy (non-hydrogen) atoms. The van der Waals surface area contributed by atoms with Gasteiger partial charge in [-0.15, -0.1) is 0 Å². The van der Waals surface area contributed by atoms with Crippen LogP contribution in [0, 0.1) is 0 Å². The van der Waals surface area contributed by atoms with E-state index in [1.54, 1.807) is 6.08 Å². The van der Waals surface area contributed by atoms with Gasteiger partial charge in [-0.3, -0.25) is 4.79 Å². The Kier molecular flexibility index (Phi) is 3.77. The van der Waals surface area contributed by atoms with E-state index in [4.69, 9.17) is 0 Å². The van der Waals surface area contributed by atoms with Crippen molar-refractivity contribution in [1.29, 1.82) is 0 Å². The fourth-order valence-electron chi connectivity index (χ4n) is 0.464. The minimum absolute atomic E-state index is 0.186. The van der Waals surface area contributed by atoms with Crippen LogP contribution in [0.15, 0.2) is 11.8 Å². The summed E-state index contributed by atoms with van der Waals surface area (Å²) in [5.41, 5.74) is 1.01. The molecule has 0 radical (unpaired) electrons. The Hall–Kier alpha value is -0.790. The summed E-state index contributed by atoms with van der Waals surface area (Å²) in [4.78, 5) is 12.7. The molecular formula is C8H15NO. The van der Waals surface area contributed by atoms with Crippen molar-refractivity contribution in [2.75, 3.05) is 14.1 Å². The molecule has 0 fully saturated rings. The molecule has 0 heterocycles. The molecule has 0 aromatic rings. The lowest BCUT2D eigenvalue weighted by Crippen LogP contribution is -2.09. The highest BCUT2D eigenvalue weighted by Crippen LogP contribution is 1.96. The van der Waals surface area contributed by atoms with Gasteiger partial charge in [0, 0.05) is 26.2 Å². The molecule has 0 rings (SSSR count). The molecule has 0 amide bonds. The molecule has 0 aromatic carbocycles. The van der Waals surface area contributed by atoms with E-state index in [0.717, 1.165) is 5.70 Å². The maximum atomic E-state index is 10.8. The first-order valence-electron chi connectivity index (χ1n) is 3.46. The SMILES string of the molecule is CCC(=O)C=C(C)N(C)C. The van der Waals surface area contributed by atoms with Crippen molar-refractivity contribution in [3.05, 3.63) is 11.8 Å². The van der Waals surface area contributed by atoms with Crippen LogP contribution in [0.2, 0.25) is 0 Å². The average molecular weight is 141 g/mol. The summed E-state index contributed by atoms with van der Waals surface area (Å²) >= 11 is 0. The molecule has 2 nitrogen and oxygen atoms in total. The van der Waals surface area contributed by atoms with Crippen molar-refractivity contribution in [3.8, 4) is 0 Å². The Morgan fingerprint density at radius 1 is 1.50 bits per heavy atom. The second kappa shape index (κ2) is 4.09. The first kappa shape index (κ1) is 9.21. The first-order chi connectivity index (χ1) is 4.57. The third-order valence-corrected chi connectivity index (χ3v) is 1.42. The standard InChI is InChI=1S/C8H15NO/c1-5-8(10)6-7(2)9(3)4/h6H,5H2,1-4H3. The molecule has 58 valence electrons. The molecule has 0 aromatic heterocycles. The minimum atomic E-state index is 0.186. The van der Waals surface area contributed by atoms with Crippen LogP contribution < -0.4 is 0 Å². The predicted molar refractivity (Wildman–Crippen MR) is 42.7 cm³/mol. The van der Waals surface area contributed by atoms with Crippen molar-refractivity contribution in [2.45, 2.75) is 20.3 Å². The fourth-order valence-corrected chi connectivity index (χ4v) is 0.464. The third kappa shape index (κ3) is 3.28. The highest BCUT2D eigenvalue weighted by atomic mass is 16.1. The van der Waals surface area contributed by atoms with E-state index in [0.29, 0.717) is 6.42 Å². The minimum Gasteiger partial charge on any atom is -0.381 e. The average Bonchev–Trinajstić information content (AvgIpc) is 1.87. The molecule has 0 saturated carbocycles. The Labute approximate surface area is 62.5 Å². The molecule has 0 spiro atoms. The molecule has 0 atom stereocenters. The molecular weight excluding hydrogens is 126 g/mol. The van der Waals surface area contributed by atoms with Crippen LogP contribution in [0.3, 0.4) is 0 Å². The van der Waals surface area contributed by atoms with Gasteiger partial charge in [-0.25, -0.2) is 0 Å². The van der Waals surface area contributed by atoms with Gasteiger partial charge in [0.1, 0.15) is 0 Å². The Balaban J connectivity index is 4.03. The summed E-state index contributed by atoms with van der Waals surface area (Å²) in [6, 6.07) is 0. The summed E-state index contributed by atoms with van der Waals surface area (Å²) < 4.78 is 0. The van der Waals surface area contributed by atoms with E-state index in [1.807, 2.05) is 32.8 Å². The summed E-state index contributed by atoms with van der Waals surface area (Å²) in [6.07, 6.45) is 2.26. The lowest BCUT2D eigenvalue weighted by atomic mass is 10.2. The van der Waals surface area contributed by atoms with E-state index in [1.165, 1.54) is 0 Å². The molecule has 0 bridgehead atoms. The predicted octanol–water partition coefficient (Wildman–Crippen LogP) is 1.43. The highest BCUT2D eigenvalue weighted by molar-refractivity contribution is 5.89. The number of rotatable bonds is 3. The van der Waals surface area contributed by atoms with Crippen molar-refractivity contribution in [1.82, 2.24) is 4.90 Å². The Morgan fingerprint density at radius 2 is 2.00 bits per heavy atom. The van der Waals surface area contributed by atoms with Gasteiger partial charge in [-0.2, -0.15) is 0 Å². The van der Waals surface area contributed by atoms with Crippen LogP contribution in [0.4, 0.5) is 0 Å². The maximum absolute atomic E-state index is 10.8. The second-order valence-corrected chi connectivity index (χ2v) is 2.50. The highest BCUT2D eigenvalue weighted by Gasteiger charge is 1.95. The lowest BCUT2D eigenvalue weighted by molar-refractivity contribution is -0.114. The normalized spacial score (nSPS) is 11.4. The van der Waals surface area contributed by atoms with E-state index in [2.05, 4.69) is 0 Å². The van der Waals surface area contributed by atoms with Gasteiger partial charge in [-0.1, -0.05) is 6.92 Å². The number of carbonyl (C=O) groups excluding carboxylic acids is 1.